The van der Waals surface area contributed by atoms with Crippen molar-refractivity contribution in [1.29, 1.82) is 0 Å². The lowest BCUT2D eigenvalue weighted by Crippen LogP contribution is -2.34. The topological polar surface area (TPSA) is 12.0 Å². The highest BCUT2D eigenvalue weighted by Crippen LogP contribution is 2.25. The first-order chi connectivity index (χ1) is 8.90. The normalized spacial score (nSPS) is 13.5. The van der Waals surface area contributed by atoms with Crippen molar-refractivity contribution in [3.05, 3.63) is 34.3 Å². The Hall–Kier alpha value is -0.340. The van der Waals surface area contributed by atoms with Gasteiger partial charge in [0.05, 0.1) is 0 Å². The van der Waals surface area contributed by atoms with Crippen LogP contribution in [0.1, 0.15) is 59.1 Å². The van der Waals surface area contributed by atoms with Crippen LogP contribution in [0.3, 0.4) is 0 Å². The van der Waals surface area contributed by atoms with Crippen LogP contribution in [0.15, 0.2) is 28.7 Å². The van der Waals surface area contributed by atoms with Gasteiger partial charge in [0.25, 0.3) is 0 Å². The zero-order valence-corrected chi connectivity index (χ0v) is 14.5. The van der Waals surface area contributed by atoms with Crippen LogP contribution in [0.25, 0.3) is 0 Å². The number of nitrogens with one attached hydrogen (secondary N) is 1. The lowest BCUT2D eigenvalue weighted by molar-refractivity contribution is 0.335. The second-order valence-corrected chi connectivity index (χ2v) is 7.22. The molecule has 19 heavy (non-hydrogen) atoms. The molecule has 1 atom stereocenters. The van der Waals surface area contributed by atoms with Crippen molar-refractivity contribution in [1.82, 2.24) is 5.32 Å². The van der Waals surface area contributed by atoms with Gasteiger partial charge >= 0.3 is 0 Å². The highest BCUT2D eigenvalue weighted by atomic mass is 79.9. The predicted octanol–water partition coefficient (Wildman–Crippen LogP) is 5.56. The molecule has 0 fully saturated rings. The summed E-state index contributed by atoms with van der Waals surface area (Å²) in [6, 6.07) is 9.48. The van der Waals surface area contributed by atoms with E-state index >= 15 is 0 Å². The molecular formula is C17H28BrN. The first kappa shape index (κ1) is 16.7. The zero-order chi connectivity index (χ0) is 14.4. The molecule has 0 amide bonds. The van der Waals surface area contributed by atoms with Gasteiger partial charge in [-0.25, -0.2) is 0 Å². The molecule has 2 heteroatoms. The van der Waals surface area contributed by atoms with Crippen molar-refractivity contribution in [3.63, 3.8) is 0 Å². The van der Waals surface area contributed by atoms with Crippen LogP contribution in [0.5, 0.6) is 0 Å². The summed E-state index contributed by atoms with van der Waals surface area (Å²) >= 11 is 3.65. The maximum absolute atomic E-state index is 3.81. The molecule has 1 aromatic rings. The molecule has 0 aromatic heterocycles. The Balaban J connectivity index is 2.70. The average Bonchev–Trinajstić information content (AvgIpc) is 2.27. The monoisotopic (exact) mass is 325 g/mol. The zero-order valence-electron chi connectivity index (χ0n) is 12.9. The molecule has 0 aliphatic carbocycles. The van der Waals surface area contributed by atoms with E-state index in [1.54, 1.807) is 0 Å². The summed E-state index contributed by atoms with van der Waals surface area (Å²) in [4.78, 5) is 0. The van der Waals surface area contributed by atoms with Crippen LogP contribution < -0.4 is 5.32 Å². The summed E-state index contributed by atoms with van der Waals surface area (Å²) in [6.45, 7) is 11.5. The standard InChI is InChI=1S/C17H28BrN/c1-12(2)10-15(11-13(3)4)19-14(5)16-8-6-7-9-17(16)18/h6-9,12-15,19H,10-11H2,1-5H3/t14-/m0/s1. The van der Waals surface area contributed by atoms with Crippen molar-refractivity contribution in [2.45, 2.75) is 59.5 Å². The number of hydrogen-bond donors (Lipinski definition) is 1. The Kier molecular flexibility index (Phi) is 7.09. The van der Waals surface area contributed by atoms with Crippen molar-refractivity contribution in [2.24, 2.45) is 11.8 Å². The predicted molar refractivity (Wildman–Crippen MR) is 88.4 cm³/mol. The molecule has 0 aliphatic rings. The minimum Gasteiger partial charge on any atom is -0.307 e. The number of rotatable bonds is 7. The molecule has 0 unspecified atom stereocenters. The van der Waals surface area contributed by atoms with Crippen LogP contribution in [-0.2, 0) is 0 Å². The number of halogens is 1. The fourth-order valence-electron chi connectivity index (χ4n) is 2.64. The molecule has 1 aromatic carbocycles. The summed E-state index contributed by atoms with van der Waals surface area (Å²) in [6.07, 6.45) is 2.49. The molecule has 1 rings (SSSR count). The molecule has 0 bridgehead atoms. The van der Waals surface area contributed by atoms with E-state index in [0.29, 0.717) is 12.1 Å². The van der Waals surface area contributed by atoms with Crippen molar-refractivity contribution in [3.8, 4) is 0 Å². The lowest BCUT2D eigenvalue weighted by atomic mass is 9.94. The number of benzene rings is 1. The van der Waals surface area contributed by atoms with Gasteiger partial charge in [-0.3, -0.25) is 0 Å². The maximum atomic E-state index is 3.81. The van der Waals surface area contributed by atoms with E-state index in [4.69, 9.17) is 0 Å². The third-order valence-corrected chi connectivity index (χ3v) is 4.09. The fraction of sp³-hybridized carbons (Fsp3) is 0.647. The molecule has 0 spiro atoms. The van der Waals surface area contributed by atoms with Gasteiger partial charge in [0.2, 0.25) is 0 Å². The third kappa shape index (κ3) is 6.09. The summed E-state index contributed by atoms with van der Waals surface area (Å²) in [5.41, 5.74) is 1.35. The van der Waals surface area contributed by atoms with Gasteiger partial charge in [-0.15, -0.1) is 0 Å². The quantitative estimate of drug-likeness (QED) is 0.691. The second kappa shape index (κ2) is 8.06. The van der Waals surface area contributed by atoms with Gasteiger partial charge in [0.1, 0.15) is 0 Å². The Labute approximate surface area is 127 Å². The first-order valence-electron chi connectivity index (χ1n) is 7.40. The van der Waals surface area contributed by atoms with E-state index in [0.717, 1.165) is 11.8 Å². The highest BCUT2D eigenvalue weighted by Gasteiger charge is 2.17. The van der Waals surface area contributed by atoms with E-state index in [1.807, 2.05) is 0 Å². The third-order valence-electron chi connectivity index (χ3n) is 3.37. The summed E-state index contributed by atoms with van der Waals surface area (Å²) in [5.74, 6) is 1.48. The van der Waals surface area contributed by atoms with Crippen molar-refractivity contribution in [2.75, 3.05) is 0 Å². The molecule has 0 saturated heterocycles. The second-order valence-electron chi connectivity index (χ2n) is 6.37. The SMILES string of the molecule is CC(C)CC(CC(C)C)N[C@@H](C)c1ccccc1Br. The van der Waals surface area contributed by atoms with Gasteiger partial charge < -0.3 is 5.32 Å². The van der Waals surface area contributed by atoms with E-state index < -0.39 is 0 Å². The number of hydrogen-bond acceptors (Lipinski definition) is 1. The Morgan fingerprint density at radius 1 is 0.947 bits per heavy atom. The van der Waals surface area contributed by atoms with E-state index in [2.05, 4.69) is 80.1 Å². The largest absolute Gasteiger partial charge is 0.307 e. The summed E-state index contributed by atoms with van der Waals surface area (Å²) in [7, 11) is 0. The molecule has 1 N–H and O–H groups in total. The minimum absolute atomic E-state index is 0.387. The molecule has 0 aliphatic heterocycles. The van der Waals surface area contributed by atoms with Crippen molar-refractivity contribution < 1.29 is 0 Å². The Morgan fingerprint density at radius 2 is 1.47 bits per heavy atom. The molecular weight excluding hydrogens is 298 g/mol. The van der Waals surface area contributed by atoms with Gasteiger partial charge in [-0.2, -0.15) is 0 Å². The first-order valence-corrected chi connectivity index (χ1v) is 8.20. The molecule has 0 radical (unpaired) electrons. The average molecular weight is 326 g/mol. The fourth-order valence-corrected chi connectivity index (χ4v) is 3.27. The van der Waals surface area contributed by atoms with E-state index in [9.17, 15) is 0 Å². The smallest absolute Gasteiger partial charge is 0.0305 e. The van der Waals surface area contributed by atoms with Crippen LogP contribution in [0, 0.1) is 11.8 Å². The van der Waals surface area contributed by atoms with Crippen LogP contribution >= 0.6 is 15.9 Å². The van der Waals surface area contributed by atoms with Crippen molar-refractivity contribution >= 4 is 15.9 Å². The molecule has 108 valence electrons. The maximum Gasteiger partial charge on any atom is 0.0305 e. The van der Waals surface area contributed by atoms with Gasteiger partial charge in [-0.05, 0) is 43.2 Å². The molecule has 0 heterocycles. The Morgan fingerprint density at radius 3 is 1.95 bits per heavy atom. The van der Waals surface area contributed by atoms with Crippen LogP contribution in [0.4, 0.5) is 0 Å². The van der Waals surface area contributed by atoms with E-state index in [-0.39, 0.29) is 0 Å². The highest BCUT2D eigenvalue weighted by molar-refractivity contribution is 9.10. The lowest BCUT2D eigenvalue weighted by Gasteiger charge is -2.27. The molecule has 1 nitrogen and oxygen atoms in total. The van der Waals surface area contributed by atoms with E-state index in [1.165, 1.54) is 22.9 Å². The Bertz CT molecular complexity index is 363. The van der Waals surface area contributed by atoms with Gasteiger partial charge in [-0.1, -0.05) is 61.8 Å². The summed E-state index contributed by atoms with van der Waals surface area (Å²) in [5, 5.41) is 3.81. The minimum atomic E-state index is 0.387. The summed E-state index contributed by atoms with van der Waals surface area (Å²) < 4.78 is 1.20. The van der Waals surface area contributed by atoms with Crippen LogP contribution in [0.2, 0.25) is 0 Å². The molecule has 0 saturated carbocycles. The van der Waals surface area contributed by atoms with Crippen LogP contribution in [-0.4, -0.2) is 6.04 Å². The van der Waals surface area contributed by atoms with Gasteiger partial charge in [0, 0.05) is 16.6 Å². The van der Waals surface area contributed by atoms with Gasteiger partial charge in [0.15, 0.2) is 0 Å².